The molecule has 0 aromatic rings. The summed E-state index contributed by atoms with van der Waals surface area (Å²) in [6.45, 7) is 4.89. The van der Waals surface area contributed by atoms with E-state index in [0.29, 0.717) is 15.0 Å². The summed E-state index contributed by atoms with van der Waals surface area (Å²) in [4.78, 5) is 0. The minimum atomic E-state index is -0.236. The molecule has 0 bridgehead atoms. The molecule has 1 fully saturated rings. The average molecular weight is 271 g/mol. The Morgan fingerprint density at radius 3 is 2.67 bits per heavy atom. The normalized spacial score (nSPS) is 43.2. The molecule has 1 rings (SSSR count). The third-order valence-corrected chi connectivity index (χ3v) is 8.33. The second-order valence-corrected chi connectivity index (χ2v) is 8.30. The van der Waals surface area contributed by atoms with E-state index >= 15 is 0 Å². The number of ether oxygens (including phenoxy) is 1. The van der Waals surface area contributed by atoms with Gasteiger partial charge in [0, 0.05) is 0 Å². The van der Waals surface area contributed by atoms with E-state index in [0.717, 1.165) is 12.4 Å². The van der Waals surface area contributed by atoms with Crippen LogP contribution in [0.25, 0.3) is 0 Å². The summed E-state index contributed by atoms with van der Waals surface area (Å²) < 4.78 is 16.4. The fraction of sp³-hybridized carbons (Fsp3) is 1.00. The molecule has 12 heavy (non-hydrogen) atoms. The third-order valence-electron chi connectivity index (χ3n) is 2.25. The molecule has 0 saturated carbocycles. The fourth-order valence-electron chi connectivity index (χ4n) is 1.10. The van der Waals surface area contributed by atoms with Crippen molar-refractivity contribution in [1.29, 1.82) is 0 Å². The van der Waals surface area contributed by atoms with E-state index in [9.17, 15) is 4.57 Å². The summed E-state index contributed by atoms with van der Waals surface area (Å²) in [7, 11) is 0.202. The van der Waals surface area contributed by atoms with E-state index in [4.69, 9.17) is 4.74 Å². The van der Waals surface area contributed by atoms with Gasteiger partial charge in [0.25, 0.3) is 0 Å². The molecule has 1 saturated heterocycles. The van der Waals surface area contributed by atoms with Gasteiger partial charge >= 0.3 is 85.5 Å². The summed E-state index contributed by atoms with van der Waals surface area (Å²) in [5.74, 6) is 3.10. The summed E-state index contributed by atoms with van der Waals surface area (Å²) in [6.07, 6.45) is 0. The van der Waals surface area contributed by atoms with Gasteiger partial charge in [-0.25, -0.2) is 0 Å². The van der Waals surface area contributed by atoms with Crippen molar-refractivity contribution in [1.82, 2.24) is 0 Å². The van der Waals surface area contributed by atoms with Gasteiger partial charge in [0.05, 0.1) is 0 Å². The van der Waals surface area contributed by atoms with Crippen LogP contribution in [0.15, 0.2) is 0 Å². The van der Waals surface area contributed by atoms with Crippen molar-refractivity contribution in [2.75, 3.05) is 12.4 Å². The molecule has 0 radical (unpaired) electrons. The molecule has 0 aliphatic carbocycles. The first-order chi connectivity index (χ1) is 5.58. The SMILES string of the molecule is C[Se]C1(C)OCCSC1(C)P=O. The van der Waals surface area contributed by atoms with Crippen LogP contribution in [-0.4, -0.2) is 36.3 Å². The quantitative estimate of drug-likeness (QED) is 0.569. The summed E-state index contributed by atoms with van der Waals surface area (Å²) >= 11 is 2.13. The second kappa shape index (κ2) is 3.98. The number of hydrogen-bond acceptors (Lipinski definition) is 3. The Morgan fingerprint density at radius 1 is 1.58 bits per heavy atom. The average Bonchev–Trinajstić information content (AvgIpc) is 2.10. The van der Waals surface area contributed by atoms with Crippen molar-refractivity contribution >= 4 is 35.2 Å². The van der Waals surface area contributed by atoms with Crippen LogP contribution in [0, 0.1) is 0 Å². The molecule has 70 valence electrons. The van der Waals surface area contributed by atoms with Crippen LogP contribution < -0.4 is 0 Å². The molecule has 0 aromatic carbocycles. The van der Waals surface area contributed by atoms with Crippen LogP contribution in [-0.2, 0) is 9.30 Å². The third kappa shape index (κ3) is 1.73. The molecule has 1 aliphatic rings. The Bertz CT molecular complexity index is 192. The topological polar surface area (TPSA) is 26.3 Å². The Balaban J connectivity index is 2.87. The van der Waals surface area contributed by atoms with E-state index in [2.05, 4.69) is 12.7 Å². The zero-order valence-corrected chi connectivity index (χ0v) is 10.9. The van der Waals surface area contributed by atoms with Gasteiger partial charge in [0.2, 0.25) is 0 Å². The van der Waals surface area contributed by atoms with E-state index in [1.807, 2.05) is 6.92 Å². The van der Waals surface area contributed by atoms with Crippen LogP contribution in [0.2, 0.25) is 5.82 Å². The van der Waals surface area contributed by atoms with E-state index in [1.165, 1.54) is 0 Å². The first kappa shape index (κ1) is 11.0. The first-order valence-corrected chi connectivity index (χ1v) is 8.12. The standard InChI is InChI=1S/C7H13O2PSSe/c1-6(12-3)7(2,10-8)11-5-4-9-6/h4-5H2,1-3H3. The Kier molecular flexibility index (Phi) is 3.65. The summed E-state index contributed by atoms with van der Waals surface area (Å²) in [5.41, 5.74) is 0. The Labute approximate surface area is 85.6 Å². The molecule has 5 heteroatoms. The van der Waals surface area contributed by atoms with Crippen molar-refractivity contribution in [2.24, 2.45) is 0 Å². The number of thioether (sulfide) groups is 1. The molecular formula is C7H13O2PSSe. The predicted molar refractivity (Wildman–Crippen MR) is 54.4 cm³/mol. The van der Waals surface area contributed by atoms with Crippen molar-refractivity contribution in [3.63, 3.8) is 0 Å². The van der Waals surface area contributed by atoms with Crippen LogP contribution in [0.3, 0.4) is 0 Å². The Hall–Kier alpha value is 0.929. The molecule has 2 atom stereocenters. The Morgan fingerprint density at radius 2 is 2.25 bits per heavy atom. The summed E-state index contributed by atoms with van der Waals surface area (Å²) in [6, 6.07) is 0. The molecule has 0 N–H and O–H groups in total. The van der Waals surface area contributed by atoms with E-state index < -0.39 is 0 Å². The van der Waals surface area contributed by atoms with Gasteiger partial charge in [0.15, 0.2) is 0 Å². The molecule has 0 amide bonds. The van der Waals surface area contributed by atoms with Crippen molar-refractivity contribution in [3.8, 4) is 0 Å². The van der Waals surface area contributed by atoms with E-state index in [1.54, 1.807) is 11.8 Å². The van der Waals surface area contributed by atoms with Crippen LogP contribution in [0.1, 0.15) is 13.8 Å². The van der Waals surface area contributed by atoms with Gasteiger partial charge in [-0.2, -0.15) is 0 Å². The van der Waals surface area contributed by atoms with Crippen LogP contribution >= 0.6 is 20.2 Å². The molecule has 2 unspecified atom stereocenters. The van der Waals surface area contributed by atoms with Crippen LogP contribution in [0.4, 0.5) is 0 Å². The zero-order valence-electron chi connectivity index (χ0n) is 7.49. The van der Waals surface area contributed by atoms with Crippen molar-refractivity contribution in [3.05, 3.63) is 0 Å². The fourth-order valence-corrected chi connectivity index (χ4v) is 5.43. The van der Waals surface area contributed by atoms with Gasteiger partial charge in [-0.15, -0.1) is 0 Å². The van der Waals surface area contributed by atoms with Crippen LogP contribution in [0.5, 0.6) is 0 Å². The molecule has 1 aliphatic heterocycles. The molecule has 1 heterocycles. The first-order valence-electron chi connectivity index (χ1n) is 3.75. The zero-order chi connectivity index (χ0) is 9.24. The van der Waals surface area contributed by atoms with Gasteiger partial charge < -0.3 is 0 Å². The van der Waals surface area contributed by atoms with Crippen molar-refractivity contribution < 1.29 is 9.30 Å². The van der Waals surface area contributed by atoms with Gasteiger partial charge in [-0.1, -0.05) is 0 Å². The molecular weight excluding hydrogens is 258 g/mol. The minimum absolute atomic E-state index is 0.174. The van der Waals surface area contributed by atoms with Gasteiger partial charge in [-0.05, 0) is 0 Å². The molecule has 0 spiro atoms. The maximum absolute atomic E-state index is 11.1. The number of hydrogen-bond donors (Lipinski definition) is 0. The van der Waals surface area contributed by atoms with Gasteiger partial charge in [-0.3, -0.25) is 0 Å². The monoisotopic (exact) mass is 272 g/mol. The van der Waals surface area contributed by atoms with Crippen molar-refractivity contribution in [2.45, 2.75) is 28.7 Å². The van der Waals surface area contributed by atoms with Gasteiger partial charge in [0.1, 0.15) is 0 Å². The summed E-state index contributed by atoms with van der Waals surface area (Å²) in [5, 5.41) is 0. The molecule has 2 nitrogen and oxygen atoms in total. The van der Waals surface area contributed by atoms with E-state index in [-0.39, 0.29) is 17.4 Å². The maximum atomic E-state index is 11.1. The second-order valence-electron chi connectivity index (χ2n) is 2.92. The number of rotatable bonds is 2. The molecule has 0 aromatic heterocycles. The predicted octanol–water partition coefficient (Wildman–Crippen LogP) is 2.23.